The van der Waals surface area contributed by atoms with Gasteiger partial charge in [0.05, 0.1) is 17.4 Å². The second kappa shape index (κ2) is 7.44. The van der Waals surface area contributed by atoms with Gasteiger partial charge in [0.2, 0.25) is 0 Å². The van der Waals surface area contributed by atoms with Crippen molar-refractivity contribution in [2.24, 2.45) is 0 Å². The predicted octanol–water partition coefficient (Wildman–Crippen LogP) is 2.67. The van der Waals surface area contributed by atoms with E-state index in [4.69, 9.17) is 4.74 Å². The summed E-state index contributed by atoms with van der Waals surface area (Å²) in [4.78, 5) is 2.27. The van der Waals surface area contributed by atoms with Gasteiger partial charge in [-0.25, -0.2) is 0 Å². The third-order valence-electron chi connectivity index (χ3n) is 3.69. The Hall–Kier alpha value is -1.57. The normalized spacial score (nSPS) is 19.4. The Balaban J connectivity index is 2.17. The van der Waals surface area contributed by atoms with Gasteiger partial charge in [0.1, 0.15) is 6.07 Å². The van der Waals surface area contributed by atoms with Crippen LogP contribution in [0.4, 0.5) is 5.69 Å². The Kier molecular flexibility index (Phi) is 5.60. The molecule has 4 heteroatoms. The number of hydrogen-bond donors (Lipinski definition) is 1. The first kappa shape index (κ1) is 15.8. The molecule has 0 aliphatic carbocycles. The Morgan fingerprint density at radius 2 is 2.29 bits per heavy atom. The van der Waals surface area contributed by atoms with E-state index in [2.05, 4.69) is 49.2 Å². The summed E-state index contributed by atoms with van der Waals surface area (Å²) in [6.07, 6.45) is 1.22. The van der Waals surface area contributed by atoms with Gasteiger partial charge in [-0.3, -0.25) is 0 Å². The molecular weight excluding hydrogens is 262 g/mol. The monoisotopic (exact) mass is 287 g/mol. The van der Waals surface area contributed by atoms with Gasteiger partial charge in [-0.05, 0) is 31.0 Å². The molecule has 0 bridgehead atoms. The maximum Gasteiger partial charge on any atom is 0.101 e. The molecule has 1 aliphatic rings. The van der Waals surface area contributed by atoms with E-state index in [1.54, 1.807) is 0 Å². The Labute approximate surface area is 127 Å². The van der Waals surface area contributed by atoms with Gasteiger partial charge < -0.3 is 15.0 Å². The molecule has 1 saturated heterocycles. The van der Waals surface area contributed by atoms with Crippen LogP contribution in [0.5, 0.6) is 0 Å². The summed E-state index contributed by atoms with van der Waals surface area (Å²) in [7, 11) is 0. The SMILES string of the molecule is CC(C)NCc1ccc(N2CCCOC(C)C2)c(C#N)c1. The van der Waals surface area contributed by atoms with Crippen LogP contribution in [0.2, 0.25) is 0 Å². The van der Waals surface area contributed by atoms with E-state index in [9.17, 15) is 5.26 Å². The minimum atomic E-state index is 0.210. The van der Waals surface area contributed by atoms with Crippen LogP contribution < -0.4 is 10.2 Å². The topological polar surface area (TPSA) is 48.3 Å². The standard InChI is InChI=1S/C17H25N3O/c1-13(2)19-11-15-5-6-17(16(9-15)10-18)20-7-4-8-21-14(3)12-20/h5-6,9,13-14,19H,4,7-8,11-12H2,1-3H3. The summed E-state index contributed by atoms with van der Waals surface area (Å²) < 4.78 is 5.68. The molecule has 4 nitrogen and oxygen atoms in total. The molecule has 0 saturated carbocycles. The van der Waals surface area contributed by atoms with Gasteiger partial charge in [0.25, 0.3) is 0 Å². The minimum Gasteiger partial charge on any atom is -0.377 e. The molecule has 114 valence electrons. The van der Waals surface area contributed by atoms with E-state index in [0.29, 0.717) is 6.04 Å². The molecule has 1 unspecified atom stereocenters. The number of hydrogen-bond acceptors (Lipinski definition) is 4. The number of benzene rings is 1. The van der Waals surface area contributed by atoms with E-state index in [1.165, 1.54) is 0 Å². The van der Waals surface area contributed by atoms with Crippen LogP contribution in [0.25, 0.3) is 0 Å². The molecule has 1 fully saturated rings. The van der Waals surface area contributed by atoms with Crippen LogP contribution in [0.1, 0.15) is 38.3 Å². The lowest BCUT2D eigenvalue weighted by atomic mass is 10.1. The van der Waals surface area contributed by atoms with Crippen molar-refractivity contribution in [1.82, 2.24) is 5.32 Å². The molecule has 1 atom stereocenters. The fourth-order valence-electron chi connectivity index (χ4n) is 2.59. The molecule has 0 spiro atoms. The highest BCUT2D eigenvalue weighted by Gasteiger charge is 2.18. The highest BCUT2D eigenvalue weighted by atomic mass is 16.5. The van der Waals surface area contributed by atoms with Crippen LogP contribution >= 0.6 is 0 Å². The van der Waals surface area contributed by atoms with Crippen molar-refractivity contribution in [3.05, 3.63) is 29.3 Å². The van der Waals surface area contributed by atoms with Crippen molar-refractivity contribution in [3.63, 3.8) is 0 Å². The third-order valence-corrected chi connectivity index (χ3v) is 3.69. The molecule has 1 heterocycles. The van der Waals surface area contributed by atoms with E-state index >= 15 is 0 Å². The van der Waals surface area contributed by atoms with E-state index in [0.717, 1.165) is 49.5 Å². The molecule has 2 rings (SSSR count). The van der Waals surface area contributed by atoms with E-state index in [1.807, 2.05) is 6.07 Å². The predicted molar refractivity (Wildman–Crippen MR) is 85.4 cm³/mol. The lowest BCUT2D eigenvalue weighted by Gasteiger charge is -2.25. The molecule has 21 heavy (non-hydrogen) atoms. The van der Waals surface area contributed by atoms with Crippen LogP contribution in [-0.4, -0.2) is 31.8 Å². The second-order valence-corrected chi connectivity index (χ2v) is 5.98. The van der Waals surface area contributed by atoms with E-state index < -0.39 is 0 Å². The van der Waals surface area contributed by atoms with Gasteiger partial charge in [-0.2, -0.15) is 5.26 Å². The summed E-state index contributed by atoms with van der Waals surface area (Å²) in [5.74, 6) is 0. The third kappa shape index (κ3) is 4.45. The zero-order valence-electron chi connectivity index (χ0n) is 13.2. The fourth-order valence-corrected chi connectivity index (χ4v) is 2.59. The van der Waals surface area contributed by atoms with Crippen molar-refractivity contribution in [2.45, 2.75) is 45.9 Å². The molecule has 0 aromatic heterocycles. The summed E-state index contributed by atoms with van der Waals surface area (Å²) in [5.41, 5.74) is 2.94. The summed E-state index contributed by atoms with van der Waals surface area (Å²) in [6.45, 7) is 9.73. The van der Waals surface area contributed by atoms with Crippen molar-refractivity contribution in [1.29, 1.82) is 5.26 Å². The Morgan fingerprint density at radius 1 is 1.48 bits per heavy atom. The average molecular weight is 287 g/mol. The van der Waals surface area contributed by atoms with Crippen molar-refractivity contribution in [3.8, 4) is 6.07 Å². The molecule has 1 aromatic rings. The van der Waals surface area contributed by atoms with E-state index in [-0.39, 0.29) is 6.10 Å². The van der Waals surface area contributed by atoms with Crippen molar-refractivity contribution in [2.75, 3.05) is 24.6 Å². The lowest BCUT2D eigenvalue weighted by Crippen LogP contribution is -2.30. The quantitative estimate of drug-likeness (QED) is 0.925. The zero-order chi connectivity index (χ0) is 15.2. The largest absolute Gasteiger partial charge is 0.377 e. The van der Waals surface area contributed by atoms with Crippen LogP contribution in [-0.2, 0) is 11.3 Å². The van der Waals surface area contributed by atoms with Gasteiger partial charge in [0, 0.05) is 32.3 Å². The van der Waals surface area contributed by atoms with Crippen LogP contribution in [0, 0.1) is 11.3 Å². The molecule has 0 radical (unpaired) electrons. The summed E-state index contributed by atoms with van der Waals surface area (Å²) >= 11 is 0. The zero-order valence-corrected chi connectivity index (χ0v) is 13.2. The average Bonchev–Trinajstić information content (AvgIpc) is 2.69. The number of anilines is 1. The smallest absolute Gasteiger partial charge is 0.101 e. The number of nitrogens with zero attached hydrogens (tertiary/aromatic N) is 2. The highest BCUT2D eigenvalue weighted by Crippen LogP contribution is 2.23. The van der Waals surface area contributed by atoms with Crippen LogP contribution in [0.3, 0.4) is 0 Å². The molecule has 1 aliphatic heterocycles. The van der Waals surface area contributed by atoms with Gasteiger partial charge in [0.15, 0.2) is 0 Å². The Bertz CT molecular complexity index is 507. The first-order valence-corrected chi connectivity index (χ1v) is 7.73. The van der Waals surface area contributed by atoms with Gasteiger partial charge >= 0.3 is 0 Å². The first-order valence-electron chi connectivity index (χ1n) is 7.73. The van der Waals surface area contributed by atoms with Gasteiger partial charge in [-0.15, -0.1) is 0 Å². The maximum atomic E-state index is 9.46. The molecule has 1 N–H and O–H groups in total. The number of rotatable bonds is 4. The van der Waals surface area contributed by atoms with Crippen LogP contribution in [0.15, 0.2) is 18.2 Å². The van der Waals surface area contributed by atoms with Crippen molar-refractivity contribution < 1.29 is 4.74 Å². The fraction of sp³-hybridized carbons (Fsp3) is 0.588. The molecule has 0 amide bonds. The molecule has 1 aromatic carbocycles. The number of nitriles is 1. The Morgan fingerprint density at radius 3 is 3.00 bits per heavy atom. The first-order chi connectivity index (χ1) is 10.1. The number of nitrogens with one attached hydrogen (secondary N) is 1. The summed E-state index contributed by atoms with van der Waals surface area (Å²) in [5, 5.41) is 12.8. The minimum absolute atomic E-state index is 0.210. The maximum absolute atomic E-state index is 9.46. The highest BCUT2D eigenvalue weighted by molar-refractivity contribution is 5.60. The lowest BCUT2D eigenvalue weighted by molar-refractivity contribution is 0.0821. The van der Waals surface area contributed by atoms with Crippen molar-refractivity contribution >= 4 is 5.69 Å². The number of ether oxygens (including phenoxy) is 1. The summed E-state index contributed by atoms with van der Waals surface area (Å²) in [6, 6.07) is 8.98. The molecular formula is C17H25N3O. The van der Waals surface area contributed by atoms with Gasteiger partial charge in [-0.1, -0.05) is 19.9 Å². The second-order valence-electron chi connectivity index (χ2n) is 5.98.